The number of carbonyl (C=O) groups is 1. The minimum absolute atomic E-state index is 0.0159. The quantitative estimate of drug-likeness (QED) is 0.778. The van der Waals surface area contributed by atoms with Gasteiger partial charge in [-0.1, -0.05) is 0 Å². The summed E-state index contributed by atoms with van der Waals surface area (Å²) in [6.07, 6.45) is 10.1. The molecule has 2 heterocycles. The second-order valence-corrected chi connectivity index (χ2v) is 6.11. The van der Waals surface area contributed by atoms with Gasteiger partial charge in [0.05, 0.1) is 6.33 Å². The van der Waals surface area contributed by atoms with Crippen LogP contribution in [0.4, 0.5) is 0 Å². The van der Waals surface area contributed by atoms with Crippen molar-refractivity contribution in [2.75, 3.05) is 6.54 Å². The number of H-pyrrole nitrogens is 1. The molecule has 0 spiro atoms. The third-order valence-electron chi connectivity index (χ3n) is 4.58. The van der Waals surface area contributed by atoms with Crippen molar-refractivity contribution in [3.05, 3.63) is 53.7 Å². The van der Waals surface area contributed by atoms with Crippen LogP contribution in [0.5, 0.6) is 0 Å². The molecule has 0 radical (unpaired) electrons. The zero-order valence-electron chi connectivity index (χ0n) is 13.0. The number of carbonyl (C=O) groups excluding carboxylic acids is 1. The highest BCUT2D eigenvalue weighted by molar-refractivity contribution is 5.99. The molecular weight excluding hydrogens is 288 g/mol. The topological polar surface area (TPSA) is 62.7 Å². The van der Waals surface area contributed by atoms with Crippen LogP contribution in [0.3, 0.4) is 0 Å². The van der Waals surface area contributed by atoms with Crippen LogP contribution < -0.4 is 5.32 Å². The van der Waals surface area contributed by atoms with Gasteiger partial charge in [0.25, 0.3) is 5.91 Å². The summed E-state index contributed by atoms with van der Waals surface area (Å²) in [7, 11) is 0. The average molecular weight is 308 g/mol. The van der Waals surface area contributed by atoms with Gasteiger partial charge in [0.1, 0.15) is 0 Å². The first-order valence-corrected chi connectivity index (χ1v) is 8.19. The maximum atomic E-state index is 12.4. The van der Waals surface area contributed by atoms with E-state index in [1.54, 1.807) is 12.5 Å². The van der Waals surface area contributed by atoms with Gasteiger partial charge in [-0.05, 0) is 49.4 Å². The number of nitrogens with zero attached hydrogens (tertiary/aromatic N) is 2. The predicted octanol–water partition coefficient (Wildman–Crippen LogP) is 2.67. The Kier molecular flexibility index (Phi) is 3.61. The molecule has 0 saturated heterocycles. The average Bonchev–Trinajstić information content (AvgIpc) is 3.21. The van der Waals surface area contributed by atoms with Crippen LogP contribution in [-0.2, 0) is 19.4 Å². The Morgan fingerprint density at radius 3 is 3.09 bits per heavy atom. The second-order valence-electron chi connectivity index (χ2n) is 6.11. The van der Waals surface area contributed by atoms with E-state index in [9.17, 15) is 4.79 Å². The molecule has 5 heteroatoms. The molecule has 0 saturated carbocycles. The van der Waals surface area contributed by atoms with E-state index in [4.69, 9.17) is 0 Å². The van der Waals surface area contributed by atoms with E-state index in [0.717, 1.165) is 30.5 Å². The van der Waals surface area contributed by atoms with E-state index in [0.29, 0.717) is 6.54 Å². The number of imidazole rings is 1. The standard InChI is InChI=1S/C18H20N4O/c23-18(20-8-10-22-9-7-19-12-22)13-5-6-17-15(11-13)14-3-1-2-4-16(14)21-17/h5-7,9,11-12,21H,1-4,8,10H2,(H,20,23). The number of hydrogen-bond acceptors (Lipinski definition) is 2. The maximum absolute atomic E-state index is 12.4. The largest absolute Gasteiger partial charge is 0.358 e. The zero-order valence-corrected chi connectivity index (χ0v) is 13.0. The van der Waals surface area contributed by atoms with E-state index in [1.807, 2.05) is 29.0 Å². The highest BCUT2D eigenvalue weighted by atomic mass is 16.1. The molecular formula is C18H20N4O. The van der Waals surface area contributed by atoms with Crippen molar-refractivity contribution in [1.29, 1.82) is 0 Å². The fourth-order valence-electron chi connectivity index (χ4n) is 3.37. The highest BCUT2D eigenvalue weighted by Crippen LogP contribution is 2.29. The van der Waals surface area contributed by atoms with Gasteiger partial charge in [0.15, 0.2) is 0 Å². The van der Waals surface area contributed by atoms with Crippen LogP contribution in [-0.4, -0.2) is 27.0 Å². The number of rotatable bonds is 4. The van der Waals surface area contributed by atoms with E-state index >= 15 is 0 Å². The number of nitrogens with one attached hydrogen (secondary N) is 2. The lowest BCUT2D eigenvalue weighted by molar-refractivity contribution is 0.0952. The molecule has 3 aromatic rings. The molecule has 0 aliphatic heterocycles. The number of aryl methyl sites for hydroxylation is 2. The minimum atomic E-state index is -0.0159. The molecule has 23 heavy (non-hydrogen) atoms. The molecule has 4 rings (SSSR count). The monoisotopic (exact) mass is 308 g/mol. The molecule has 2 N–H and O–H groups in total. The maximum Gasteiger partial charge on any atom is 0.251 e. The minimum Gasteiger partial charge on any atom is -0.358 e. The molecule has 0 bridgehead atoms. The summed E-state index contributed by atoms with van der Waals surface area (Å²) in [4.78, 5) is 19.9. The van der Waals surface area contributed by atoms with Gasteiger partial charge in [0, 0.05) is 47.6 Å². The molecule has 1 aliphatic carbocycles. The summed E-state index contributed by atoms with van der Waals surface area (Å²) in [6, 6.07) is 5.96. The molecule has 1 amide bonds. The summed E-state index contributed by atoms with van der Waals surface area (Å²) in [5.41, 5.74) is 4.63. The van der Waals surface area contributed by atoms with Crippen molar-refractivity contribution < 1.29 is 4.79 Å². The lowest BCUT2D eigenvalue weighted by Gasteiger charge is -2.10. The molecule has 0 fully saturated rings. The number of aromatic nitrogens is 3. The van der Waals surface area contributed by atoms with E-state index in [2.05, 4.69) is 15.3 Å². The molecule has 0 atom stereocenters. The van der Waals surface area contributed by atoms with Gasteiger partial charge in [-0.2, -0.15) is 0 Å². The van der Waals surface area contributed by atoms with Crippen LogP contribution in [0.1, 0.15) is 34.5 Å². The van der Waals surface area contributed by atoms with Crippen LogP contribution in [0.15, 0.2) is 36.9 Å². The predicted molar refractivity (Wildman–Crippen MR) is 89.5 cm³/mol. The highest BCUT2D eigenvalue weighted by Gasteiger charge is 2.16. The molecule has 1 aromatic carbocycles. The number of aromatic amines is 1. The second kappa shape index (κ2) is 5.91. The van der Waals surface area contributed by atoms with Gasteiger partial charge in [-0.15, -0.1) is 0 Å². The Bertz CT molecular complexity index is 832. The molecule has 1 aliphatic rings. The Morgan fingerprint density at radius 1 is 1.30 bits per heavy atom. The summed E-state index contributed by atoms with van der Waals surface area (Å²) in [5.74, 6) is -0.0159. The van der Waals surface area contributed by atoms with Gasteiger partial charge in [0.2, 0.25) is 0 Å². The Balaban J connectivity index is 1.50. The smallest absolute Gasteiger partial charge is 0.251 e. The summed E-state index contributed by atoms with van der Waals surface area (Å²) in [5, 5.41) is 4.19. The fourth-order valence-corrected chi connectivity index (χ4v) is 3.37. The fraction of sp³-hybridized carbons (Fsp3) is 0.333. The first-order valence-electron chi connectivity index (χ1n) is 8.19. The first-order chi connectivity index (χ1) is 11.3. The summed E-state index contributed by atoms with van der Waals surface area (Å²) < 4.78 is 1.95. The summed E-state index contributed by atoms with van der Waals surface area (Å²) in [6.45, 7) is 1.33. The Morgan fingerprint density at radius 2 is 2.22 bits per heavy atom. The number of amides is 1. The van der Waals surface area contributed by atoms with Crippen LogP contribution in [0.25, 0.3) is 10.9 Å². The first kappa shape index (κ1) is 14.1. The van der Waals surface area contributed by atoms with Crippen LogP contribution in [0, 0.1) is 0 Å². The van der Waals surface area contributed by atoms with Crippen molar-refractivity contribution in [3.8, 4) is 0 Å². The van der Waals surface area contributed by atoms with Gasteiger partial charge in [-0.25, -0.2) is 4.98 Å². The van der Waals surface area contributed by atoms with Crippen LogP contribution >= 0.6 is 0 Å². The molecule has 0 unspecified atom stereocenters. The lowest BCUT2D eigenvalue weighted by atomic mass is 9.95. The zero-order chi connectivity index (χ0) is 15.6. The van der Waals surface area contributed by atoms with E-state index < -0.39 is 0 Å². The van der Waals surface area contributed by atoms with Crippen LogP contribution in [0.2, 0.25) is 0 Å². The number of fused-ring (bicyclic) bond motifs is 3. The normalized spacial score (nSPS) is 13.9. The Hall–Kier alpha value is -2.56. The van der Waals surface area contributed by atoms with Gasteiger partial charge in [-0.3, -0.25) is 4.79 Å². The van der Waals surface area contributed by atoms with Crippen molar-refractivity contribution in [1.82, 2.24) is 19.9 Å². The SMILES string of the molecule is O=C(NCCn1ccnc1)c1ccc2[nH]c3c(c2c1)CCCC3. The summed E-state index contributed by atoms with van der Waals surface area (Å²) >= 11 is 0. The third-order valence-corrected chi connectivity index (χ3v) is 4.58. The lowest BCUT2D eigenvalue weighted by Crippen LogP contribution is -2.26. The van der Waals surface area contributed by atoms with Crippen molar-refractivity contribution >= 4 is 16.8 Å². The number of hydrogen-bond donors (Lipinski definition) is 2. The molecule has 118 valence electrons. The van der Waals surface area contributed by atoms with Gasteiger partial charge < -0.3 is 14.9 Å². The van der Waals surface area contributed by atoms with E-state index in [-0.39, 0.29) is 5.91 Å². The third kappa shape index (κ3) is 2.74. The molecule has 5 nitrogen and oxygen atoms in total. The van der Waals surface area contributed by atoms with Crippen molar-refractivity contribution in [2.45, 2.75) is 32.2 Å². The van der Waals surface area contributed by atoms with Gasteiger partial charge >= 0.3 is 0 Å². The number of benzene rings is 1. The van der Waals surface area contributed by atoms with Crippen molar-refractivity contribution in [2.24, 2.45) is 0 Å². The van der Waals surface area contributed by atoms with E-state index in [1.165, 1.54) is 29.5 Å². The van der Waals surface area contributed by atoms with Crippen molar-refractivity contribution in [3.63, 3.8) is 0 Å². The molecule has 2 aromatic heterocycles. The Labute approximate surface area is 134 Å².